The molecule has 0 fully saturated rings. The molecular weight excluding hydrogens is 601 g/mol. The van der Waals surface area contributed by atoms with E-state index in [1.54, 1.807) is 61.5 Å². The minimum absolute atomic E-state index is 0.0529. The summed E-state index contributed by atoms with van der Waals surface area (Å²) in [7, 11) is -4.15. The minimum atomic E-state index is -4.15. The van der Waals surface area contributed by atoms with Crippen LogP contribution in [0.2, 0.25) is 10.0 Å². The molecule has 11 heteroatoms. The van der Waals surface area contributed by atoms with Crippen molar-refractivity contribution in [1.29, 1.82) is 0 Å². The second-order valence-electron chi connectivity index (χ2n) is 9.46. The Kier molecular flexibility index (Phi) is 12.0. The minimum Gasteiger partial charge on any atom is -0.354 e. The van der Waals surface area contributed by atoms with E-state index in [4.69, 9.17) is 23.2 Å². The molecule has 41 heavy (non-hydrogen) atoms. The molecule has 2 amide bonds. The van der Waals surface area contributed by atoms with Gasteiger partial charge in [-0.15, -0.1) is 11.8 Å². The van der Waals surface area contributed by atoms with E-state index in [1.165, 1.54) is 28.8 Å². The molecule has 1 atom stereocenters. The van der Waals surface area contributed by atoms with Gasteiger partial charge in [-0.2, -0.15) is 0 Å². The molecule has 220 valence electrons. The van der Waals surface area contributed by atoms with Gasteiger partial charge in [0.05, 0.1) is 10.6 Å². The molecule has 0 aliphatic rings. The third kappa shape index (κ3) is 8.19. The Labute approximate surface area is 257 Å². The number of carbonyl (C=O) groups is 2. The van der Waals surface area contributed by atoms with Crippen molar-refractivity contribution in [3.05, 3.63) is 87.9 Å². The van der Waals surface area contributed by atoms with Gasteiger partial charge in [0.25, 0.3) is 10.0 Å². The molecule has 0 saturated heterocycles. The number of rotatable bonds is 13. The van der Waals surface area contributed by atoms with Crippen LogP contribution in [0.4, 0.5) is 5.69 Å². The van der Waals surface area contributed by atoms with Crippen LogP contribution in [-0.4, -0.2) is 50.5 Å². The van der Waals surface area contributed by atoms with E-state index in [9.17, 15) is 18.0 Å². The quantitative estimate of drug-likeness (QED) is 0.215. The number of hydrogen-bond donors (Lipinski definition) is 1. The number of hydrogen-bond acceptors (Lipinski definition) is 5. The van der Waals surface area contributed by atoms with Crippen LogP contribution in [-0.2, 0) is 26.2 Å². The molecule has 7 nitrogen and oxygen atoms in total. The Balaban J connectivity index is 2.08. The van der Waals surface area contributed by atoms with Crippen LogP contribution in [0.15, 0.2) is 76.5 Å². The van der Waals surface area contributed by atoms with E-state index >= 15 is 0 Å². The number of nitrogens with one attached hydrogen (secondary N) is 1. The topological polar surface area (TPSA) is 86.8 Å². The summed E-state index contributed by atoms with van der Waals surface area (Å²) >= 11 is 14.4. The number of anilines is 1. The van der Waals surface area contributed by atoms with Gasteiger partial charge in [0, 0.05) is 33.6 Å². The van der Waals surface area contributed by atoms with E-state index in [0.29, 0.717) is 34.3 Å². The molecular formula is C30H35Cl2N3O4S2. The summed E-state index contributed by atoms with van der Waals surface area (Å²) in [5, 5.41) is 3.55. The molecule has 1 N–H and O–H groups in total. The van der Waals surface area contributed by atoms with Gasteiger partial charge in [0.15, 0.2) is 0 Å². The zero-order chi connectivity index (χ0) is 30.2. The number of amides is 2. The summed E-state index contributed by atoms with van der Waals surface area (Å²) in [5.41, 5.74) is 1.75. The van der Waals surface area contributed by atoms with Crippen molar-refractivity contribution in [1.82, 2.24) is 10.2 Å². The smallest absolute Gasteiger partial charge is 0.264 e. The van der Waals surface area contributed by atoms with Crippen LogP contribution in [0.1, 0.15) is 37.8 Å². The Morgan fingerprint density at radius 1 is 0.951 bits per heavy atom. The molecule has 3 rings (SSSR count). The Morgan fingerprint density at radius 3 is 2.10 bits per heavy atom. The van der Waals surface area contributed by atoms with Crippen molar-refractivity contribution >= 4 is 62.5 Å². The van der Waals surface area contributed by atoms with Crippen LogP contribution in [0.3, 0.4) is 0 Å². The first kappa shape index (κ1) is 32.8. The first-order valence-corrected chi connectivity index (χ1v) is 16.7. The highest BCUT2D eigenvalue weighted by atomic mass is 35.5. The molecule has 0 bridgehead atoms. The fourth-order valence-corrected chi connectivity index (χ4v) is 6.59. The summed E-state index contributed by atoms with van der Waals surface area (Å²) in [6.07, 6.45) is 2.93. The Morgan fingerprint density at radius 2 is 1.56 bits per heavy atom. The molecule has 3 aromatic carbocycles. The highest BCUT2D eigenvalue weighted by molar-refractivity contribution is 7.98. The predicted molar refractivity (Wildman–Crippen MR) is 168 cm³/mol. The van der Waals surface area contributed by atoms with Gasteiger partial charge in [0.2, 0.25) is 11.8 Å². The number of benzene rings is 3. The first-order chi connectivity index (χ1) is 19.5. The van der Waals surface area contributed by atoms with Crippen LogP contribution >= 0.6 is 35.0 Å². The average molecular weight is 637 g/mol. The number of thioether (sulfide) groups is 1. The second kappa shape index (κ2) is 15.0. The maximum absolute atomic E-state index is 14.1. The normalized spacial score (nSPS) is 12.0. The van der Waals surface area contributed by atoms with Gasteiger partial charge >= 0.3 is 0 Å². The van der Waals surface area contributed by atoms with Gasteiger partial charge in [-0.3, -0.25) is 13.9 Å². The van der Waals surface area contributed by atoms with Crippen molar-refractivity contribution in [2.75, 3.05) is 23.7 Å². The molecule has 0 spiro atoms. The molecule has 0 aromatic heterocycles. The van der Waals surface area contributed by atoms with Gasteiger partial charge in [-0.1, -0.05) is 60.8 Å². The molecule has 3 aromatic rings. The SMILES string of the molecule is CCCNC(=O)[C@@H](CC)N(Cc1c(Cl)cccc1Cl)C(=O)CN(c1ccc(C)cc1)S(=O)(=O)c1ccc(SC)cc1. The third-order valence-electron chi connectivity index (χ3n) is 6.57. The van der Waals surface area contributed by atoms with Crippen LogP contribution < -0.4 is 9.62 Å². The number of aryl methyl sites for hydroxylation is 1. The van der Waals surface area contributed by atoms with Crippen LogP contribution in [0, 0.1) is 6.92 Å². The zero-order valence-corrected chi connectivity index (χ0v) is 26.7. The highest BCUT2D eigenvalue weighted by Gasteiger charge is 2.34. The third-order valence-corrected chi connectivity index (χ3v) is 9.81. The lowest BCUT2D eigenvalue weighted by Crippen LogP contribution is -2.52. The van der Waals surface area contributed by atoms with E-state index in [0.717, 1.165) is 21.2 Å². The van der Waals surface area contributed by atoms with Crippen molar-refractivity contribution in [2.45, 2.75) is 56.0 Å². The lowest BCUT2D eigenvalue weighted by atomic mass is 10.1. The molecule has 0 radical (unpaired) electrons. The maximum Gasteiger partial charge on any atom is 0.264 e. The standard InChI is InChI=1S/C30H35Cl2N3O4S2/c1-5-18-33-30(37)28(6-2)34(19-25-26(31)8-7-9-27(25)32)29(36)20-35(22-12-10-21(3)11-13-22)41(38,39)24-16-14-23(40-4)15-17-24/h7-17,28H,5-6,18-20H2,1-4H3,(H,33,37)/t28-/m1/s1. The molecule has 0 aliphatic heterocycles. The van der Waals surface area contributed by atoms with E-state index in [-0.39, 0.29) is 17.3 Å². The van der Waals surface area contributed by atoms with Crippen molar-refractivity contribution in [3.8, 4) is 0 Å². The summed E-state index contributed by atoms with van der Waals surface area (Å²) in [5.74, 6) is -0.896. The monoisotopic (exact) mass is 635 g/mol. The number of halogens is 2. The number of sulfonamides is 1. The molecule has 0 heterocycles. The summed E-state index contributed by atoms with van der Waals surface area (Å²) < 4.78 is 29.1. The van der Waals surface area contributed by atoms with Gasteiger partial charge in [-0.05, 0) is 74.6 Å². The second-order valence-corrected chi connectivity index (χ2v) is 13.0. The van der Waals surface area contributed by atoms with Gasteiger partial charge in [0.1, 0.15) is 12.6 Å². The maximum atomic E-state index is 14.1. The molecule has 0 saturated carbocycles. The zero-order valence-electron chi connectivity index (χ0n) is 23.6. The largest absolute Gasteiger partial charge is 0.354 e. The summed E-state index contributed by atoms with van der Waals surface area (Å²) in [6, 6.07) is 17.5. The van der Waals surface area contributed by atoms with E-state index < -0.39 is 28.5 Å². The van der Waals surface area contributed by atoms with E-state index in [2.05, 4.69) is 5.32 Å². The molecule has 0 aliphatic carbocycles. The van der Waals surface area contributed by atoms with Crippen molar-refractivity contribution < 1.29 is 18.0 Å². The lowest BCUT2D eigenvalue weighted by molar-refractivity contribution is -0.140. The van der Waals surface area contributed by atoms with Gasteiger partial charge < -0.3 is 10.2 Å². The van der Waals surface area contributed by atoms with E-state index in [1.807, 2.05) is 20.1 Å². The Hall–Kier alpha value is -2.72. The lowest BCUT2D eigenvalue weighted by Gasteiger charge is -2.33. The fraction of sp³-hybridized carbons (Fsp3) is 0.333. The van der Waals surface area contributed by atoms with Crippen molar-refractivity contribution in [3.63, 3.8) is 0 Å². The number of carbonyl (C=O) groups excluding carboxylic acids is 2. The van der Waals surface area contributed by atoms with Crippen molar-refractivity contribution in [2.24, 2.45) is 0 Å². The highest BCUT2D eigenvalue weighted by Crippen LogP contribution is 2.29. The number of nitrogens with zero attached hydrogens (tertiary/aromatic N) is 2. The fourth-order valence-electron chi connectivity index (χ4n) is 4.25. The summed E-state index contributed by atoms with van der Waals surface area (Å²) in [4.78, 5) is 29.7. The van der Waals surface area contributed by atoms with Crippen LogP contribution in [0.25, 0.3) is 0 Å². The van der Waals surface area contributed by atoms with Crippen LogP contribution in [0.5, 0.6) is 0 Å². The van der Waals surface area contributed by atoms with Gasteiger partial charge in [-0.25, -0.2) is 8.42 Å². The first-order valence-electron chi connectivity index (χ1n) is 13.3. The Bertz CT molecular complexity index is 1430. The average Bonchev–Trinajstić information content (AvgIpc) is 2.96. The molecule has 0 unspecified atom stereocenters. The summed E-state index contributed by atoms with van der Waals surface area (Å²) in [6.45, 7) is 5.47. The predicted octanol–water partition coefficient (Wildman–Crippen LogP) is 6.55.